The molecule has 2 aromatic carbocycles. The summed E-state index contributed by atoms with van der Waals surface area (Å²) in [5.74, 6) is -0.886. The van der Waals surface area contributed by atoms with Crippen LogP contribution in [0.1, 0.15) is 35.8 Å². The molecular weight excluding hydrogens is 531 g/mol. The number of carbonyl (C=O) groups excluding carboxylic acids is 2. The van der Waals surface area contributed by atoms with E-state index in [1.54, 1.807) is 66.2 Å². The number of amides is 2. The first kappa shape index (κ1) is 25.9. The lowest BCUT2D eigenvalue weighted by Gasteiger charge is -2.10. The molecule has 3 heterocycles. The van der Waals surface area contributed by atoms with E-state index in [0.717, 1.165) is 23.6 Å². The number of imidazole rings is 1. The van der Waals surface area contributed by atoms with Gasteiger partial charge < -0.3 is 25.0 Å². The number of fused-ring (bicyclic) bond motifs is 1. The largest absolute Gasteiger partial charge is 0.453 e. The monoisotopic (exact) mass is 556 g/mol. The molecule has 2 amide bonds. The quantitative estimate of drug-likeness (QED) is 0.239. The smallest absolute Gasteiger partial charge is 0.287 e. The molecule has 11 nitrogen and oxygen atoms in total. The average molecular weight is 557 g/mol. The Labute approximate surface area is 232 Å². The summed E-state index contributed by atoms with van der Waals surface area (Å²) in [7, 11) is 0. The van der Waals surface area contributed by atoms with Crippen molar-refractivity contribution in [3.8, 4) is 17.2 Å². The fourth-order valence-corrected chi connectivity index (χ4v) is 4.53. The van der Waals surface area contributed by atoms with Gasteiger partial charge in [0.2, 0.25) is 5.91 Å². The highest BCUT2D eigenvalue weighted by molar-refractivity contribution is 6.05. The molecule has 41 heavy (non-hydrogen) atoms. The van der Waals surface area contributed by atoms with Crippen molar-refractivity contribution in [2.75, 3.05) is 10.6 Å². The number of halogens is 1. The average Bonchev–Trinajstić information content (AvgIpc) is 3.68. The molecule has 0 spiro atoms. The standard InChI is InChI=1S/C29H25FN6O5/c1-2-22-26(29(39)35(36(22)40)19-6-4-3-5-7-19)28(38)31-18-10-12-23(21(30)14-18)41-20-11-13-25-32-24(16-34(25)15-20)33-27(37)17-8-9-17/h3-7,10-17,40H,2,8-9H2,1H3,(H,31,38)(H,33,37). The van der Waals surface area contributed by atoms with Gasteiger partial charge in [-0.2, -0.15) is 4.68 Å². The summed E-state index contributed by atoms with van der Waals surface area (Å²) in [5, 5.41) is 15.9. The molecule has 0 saturated heterocycles. The van der Waals surface area contributed by atoms with Crippen LogP contribution in [-0.2, 0) is 11.2 Å². The number of nitrogens with one attached hydrogen (secondary N) is 2. The number of hydrogen-bond acceptors (Lipinski definition) is 6. The van der Waals surface area contributed by atoms with E-state index in [1.807, 2.05) is 0 Å². The van der Waals surface area contributed by atoms with Crippen molar-refractivity contribution in [3.05, 3.63) is 100 Å². The summed E-state index contributed by atoms with van der Waals surface area (Å²) < 4.78 is 23.4. The van der Waals surface area contributed by atoms with Crippen LogP contribution in [0.4, 0.5) is 15.9 Å². The summed E-state index contributed by atoms with van der Waals surface area (Å²) in [6.07, 6.45) is 5.22. The van der Waals surface area contributed by atoms with E-state index in [2.05, 4.69) is 15.6 Å². The molecule has 1 saturated carbocycles. The zero-order valence-corrected chi connectivity index (χ0v) is 21.9. The van der Waals surface area contributed by atoms with Gasteiger partial charge in [0.05, 0.1) is 23.8 Å². The maximum Gasteiger partial charge on any atom is 0.287 e. The summed E-state index contributed by atoms with van der Waals surface area (Å²) in [6, 6.07) is 15.6. The third kappa shape index (κ3) is 5.02. The van der Waals surface area contributed by atoms with Crippen LogP contribution in [0.15, 0.2) is 77.9 Å². The number of aromatic nitrogens is 4. The third-order valence-electron chi connectivity index (χ3n) is 6.73. The van der Waals surface area contributed by atoms with Crippen molar-refractivity contribution in [2.45, 2.75) is 26.2 Å². The van der Waals surface area contributed by atoms with Gasteiger partial charge in [-0.05, 0) is 55.7 Å². The Morgan fingerprint density at radius 2 is 1.85 bits per heavy atom. The minimum absolute atomic E-state index is 0.0480. The zero-order chi connectivity index (χ0) is 28.7. The first-order valence-corrected chi connectivity index (χ1v) is 13.0. The second-order valence-electron chi connectivity index (χ2n) is 9.64. The molecular formula is C29H25FN6O5. The highest BCUT2D eigenvalue weighted by Crippen LogP contribution is 2.31. The topological polar surface area (TPSA) is 132 Å². The molecule has 0 atom stereocenters. The fourth-order valence-electron chi connectivity index (χ4n) is 4.53. The molecule has 0 aliphatic heterocycles. The van der Waals surface area contributed by atoms with Crippen molar-refractivity contribution in [2.24, 2.45) is 5.92 Å². The minimum atomic E-state index is -0.785. The Morgan fingerprint density at radius 1 is 1.07 bits per heavy atom. The Bertz CT molecular complexity index is 1860. The van der Waals surface area contributed by atoms with Crippen molar-refractivity contribution in [3.63, 3.8) is 0 Å². The van der Waals surface area contributed by atoms with Crippen LogP contribution < -0.4 is 20.9 Å². The number of ether oxygens (including phenoxy) is 1. The van der Waals surface area contributed by atoms with Crippen molar-refractivity contribution >= 4 is 29.0 Å². The maximum atomic E-state index is 15.0. The van der Waals surface area contributed by atoms with Gasteiger partial charge in [0.1, 0.15) is 17.0 Å². The van der Waals surface area contributed by atoms with Crippen LogP contribution in [0.3, 0.4) is 0 Å². The van der Waals surface area contributed by atoms with Crippen LogP contribution in [-0.4, -0.2) is 35.9 Å². The second kappa shape index (κ2) is 10.3. The highest BCUT2D eigenvalue weighted by Gasteiger charge is 2.30. The van der Waals surface area contributed by atoms with E-state index in [0.29, 0.717) is 27.7 Å². The van der Waals surface area contributed by atoms with E-state index in [9.17, 15) is 24.0 Å². The van der Waals surface area contributed by atoms with Crippen LogP contribution in [0, 0.1) is 11.7 Å². The molecule has 1 aliphatic rings. The number of pyridine rings is 1. The van der Waals surface area contributed by atoms with Gasteiger partial charge >= 0.3 is 0 Å². The summed E-state index contributed by atoms with van der Waals surface area (Å²) in [4.78, 5) is 43.2. The Morgan fingerprint density at radius 3 is 2.56 bits per heavy atom. The SMILES string of the molecule is CCc1c(C(=O)Nc2ccc(Oc3ccc4nc(NC(=O)C5CC5)cn4c3)c(F)c2)c(=O)n(-c2ccccc2)n1O. The van der Waals surface area contributed by atoms with Gasteiger partial charge in [-0.3, -0.25) is 14.4 Å². The second-order valence-corrected chi connectivity index (χ2v) is 9.64. The molecule has 1 fully saturated rings. The molecule has 1 aliphatic carbocycles. The van der Waals surface area contributed by atoms with E-state index >= 15 is 0 Å². The molecule has 0 unspecified atom stereocenters. The Balaban J connectivity index is 1.19. The van der Waals surface area contributed by atoms with Crippen LogP contribution in [0.2, 0.25) is 0 Å². The number of hydrogen-bond donors (Lipinski definition) is 3. The third-order valence-corrected chi connectivity index (χ3v) is 6.73. The van der Waals surface area contributed by atoms with E-state index in [-0.39, 0.29) is 40.9 Å². The van der Waals surface area contributed by atoms with E-state index < -0.39 is 17.3 Å². The summed E-state index contributed by atoms with van der Waals surface area (Å²) in [5.41, 5.74) is 0.215. The van der Waals surface area contributed by atoms with Crippen molar-refractivity contribution in [1.82, 2.24) is 18.9 Å². The van der Waals surface area contributed by atoms with Crippen molar-refractivity contribution < 1.29 is 23.9 Å². The van der Waals surface area contributed by atoms with Crippen LogP contribution >= 0.6 is 0 Å². The molecule has 3 aromatic heterocycles. The number of para-hydroxylation sites is 1. The van der Waals surface area contributed by atoms with Gasteiger partial charge in [0, 0.05) is 17.7 Å². The van der Waals surface area contributed by atoms with Gasteiger partial charge in [-0.1, -0.05) is 25.1 Å². The molecule has 208 valence electrons. The normalized spacial score (nSPS) is 12.8. The van der Waals surface area contributed by atoms with Gasteiger partial charge in [0.15, 0.2) is 17.4 Å². The first-order valence-electron chi connectivity index (χ1n) is 13.0. The predicted octanol–water partition coefficient (Wildman–Crippen LogP) is 4.62. The number of anilines is 2. The summed E-state index contributed by atoms with van der Waals surface area (Å²) >= 11 is 0. The van der Waals surface area contributed by atoms with E-state index in [4.69, 9.17) is 4.74 Å². The number of rotatable bonds is 8. The summed E-state index contributed by atoms with van der Waals surface area (Å²) in [6.45, 7) is 1.70. The zero-order valence-electron chi connectivity index (χ0n) is 21.9. The lowest BCUT2D eigenvalue weighted by molar-refractivity contribution is -0.117. The van der Waals surface area contributed by atoms with Crippen LogP contribution in [0.25, 0.3) is 11.3 Å². The van der Waals surface area contributed by atoms with Crippen molar-refractivity contribution in [1.29, 1.82) is 0 Å². The Kier molecular flexibility index (Phi) is 6.50. The molecule has 0 bridgehead atoms. The lowest BCUT2D eigenvalue weighted by atomic mass is 10.2. The molecule has 0 radical (unpaired) electrons. The highest BCUT2D eigenvalue weighted by atomic mass is 19.1. The predicted molar refractivity (Wildman–Crippen MR) is 148 cm³/mol. The van der Waals surface area contributed by atoms with Gasteiger partial charge in [0.25, 0.3) is 11.5 Å². The molecule has 6 rings (SSSR count). The lowest BCUT2D eigenvalue weighted by Crippen LogP contribution is -2.25. The molecule has 3 N–H and O–H groups in total. The molecule has 5 aromatic rings. The number of nitrogens with zero attached hydrogens (tertiary/aromatic N) is 4. The maximum absolute atomic E-state index is 15.0. The minimum Gasteiger partial charge on any atom is -0.453 e. The number of benzene rings is 2. The fraction of sp³-hybridized carbons (Fsp3) is 0.172. The van der Waals surface area contributed by atoms with Gasteiger partial charge in [-0.15, -0.1) is 4.85 Å². The first-order chi connectivity index (χ1) is 19.8. The van der Waals surface area contributed by atoms with Crippen LogP contribution in [0.5, 0.6) is 11.5 Å². The Hall–Kier alpha value is -5.39. The molecule has 12 heteroatoms. The van der Waals surface area contributed by atoms with Gasteiger partial charge in [-0.25, -0.2) is 9.37 Å². The number of carbonyl (C=O) groups is 2. The van der Waals surface area contributed by atoms with E-state index in [1.165, 1.54) is 12.1 Å².